The van der Waals surface area contributed by atoms with Crippen molar-refractivity contribution in [3.05, 3.63) is 255 Å². The smallest absolute Gasteiger partial charge is 0.143 e. The lowest BCUT2D eigenvalue weighted by atomic mass is 9.92. The van der Waals surface area contributed by atoms with E-state index in [1.54, 1.807) is 0 Å². The van der Waals surface area contributed by atoms with Crippen molar-refractivity contribution in [2.24, 2.45) is 0 Å². The summed E-state index contributed by atoms with van der Waals surface area (Å²) in [5.41, 5.74) is 15.5. The minimum absolute atomic E-state index is 0.859. The summed E-state index contributed by atoms with van der Waals surface area (Å²) in [7, 11) is 0. The Balaban J connectivity index is 0.840. The van der Waals surface area contributed by atoms with Gasteiger partial charge in [0.25, 0.3) is 0 Å². The van der Waals surface area contributed by atoms with Crippen molar-refractivity contribution < 1.29 is 4.42 Å². The Bertz CT molecular complexity index is 4240. The predicted octanol–water partition coefficient (Wildman–Crippen LogP) is 18.6. The van der Waals surface area contributed by atoms with Crippen LogP contribution < -0.4 is 4.90 Å². The molecule has 0 aliphatic rings. The van der Waals surface area contributed by atoms with Crippen LogP contribution in [0.15, 0.2) is 259 Å². The number of fused-ring (bicyclic) bond motifs is 11. The highest BCUT2D eigenvalue weighted by Crippen LogP contribution is 2.42. The van der Waals surface area contributed by atoms with Gasteiger partial charge in [0, 0.05) is 55.7 Å². The van der Waals surface area contributed by atoms with Crippen molar-refractivity contribution >= 4 is 93.1 Å². The van der Waals surface area contributed by atoms with Crippen LogP contribution in [0.3, 0.4) is 0 Å². The van der Waals surface area contributed by atoms with Crippen molar-refractivity contribution in [1.82, 2.24) is 4.57 Å². The molecular weight excluding hydrogens is 837 g/mol. The van der Waals surface area contributed by atoms with Crippen LogP contribution >= 0.6 is 0 Å². The van der Waals surface area contributed by atoms with Gasteiger partial charge in [0.1, 0.15) is 11.2 Å². The molecule has 0 spiro atoms. The normalized spacial score (nSPS) is 11.8. The van der Waals surface area contributed by atoms with Crippen LogP contribution in [0.25, 0.3) is 115 Å². The third-order valence-electron chi connectivity index (χ3n) is 14.2. The first kappa shape index (κ1) is 39.0. The molecule has 14 rings (SSSR count). The van der Waals surface area contributed by atoms with Gasteiger partial charge in [0.05, 0.1) is 11.0 Å². The standard InChI is InChI=1S/C66H42N2O/c1-4-17-55-46(12-1)32-38-61-60-39-37-53(42-65(60)69-66(55)61)67(51-35-30-45(31-36-51)48-14-11-15-52(40-48)68-63-22-9-7-20-58(63)59-21-8-10-23-64(59)68)50-33-28-44(29-34-50)43-24-26-47(27-25-43)62-41-49-13-2-3-16-54(49)56-18-5-6-19-57(56)62/h1-42H. The van der Waals surface area contributed by atoms with Crippen LogP contribution in [-0.4, -0.2) is 4.57 Å². The molecule has 0 bridgehead atoms. The van der Waals surface area contributed by atoms with Gasteiger partial charge in [-0.15, -0.1) is 0 Å². The molecule has 12 aromatic carbocycles. The largest absolute Gasteiger partial charge is 0.455 e. The summed E-state index contributed by atoms with van der Waals surface area (Å²) in [5.74, 6) is 0. The zero-order valence-electron chi connectivity index (χ0n) is 37.6. The SMILES string of the molecule is c1cc(-c2ccc(N(c3ccc(-c4ccc(-c5cc6ccccc6c6ccccc56)cc4)cc3)c3ccc4c(c3)oc3c5ccccc5ccc43)cc2)cc(-n2c3ccccc3c3ccccc32)c1. The minimum Gasteiger partial charge on any atom is -0.455 e. The average Bonchev–Trinajstić information content (AvgIpc) is 3.97. The summed E-state index contributed by atoms with van der Waals surface area (Å²) in [4.78, 5) is 2.33. The van der Waals surface area contributed by atoms with E-state index in [4.69, 9.17) is 4.42 Å². The monoisotopic (exact) mass is 878 g/mol. The van der Waals surface area contributed by atoms with Crippen LogP contribution in [0, 0.1) is 0 Å². The minimum atomic E-state index is 0.859. The highest BCUT2D eigenvalue weighted by molar-refractivity contribution is 6.16. The van der Waals surface area contributed by atoms with Crippen LogP contribution in [0.1, 0.15) is 0 Å². The summed E-state index contributed by atoms with van der Waals surface area (Å²) in [6, 6.07) is 92.4. The van der Waals surface area contributed by atoms with Gasteiger partial charge in [-0.1, -0.05) is 176 Å². The fraction of sp³-hybridized carbons (Fsp3) is 0. The van der Waals surface area contributed by atoms with Gasteiger partial charge in [-0.2, -0.15) is 0 Å². The Kier molecular flexibility index (Phi) is 8.90. The quantitative estimate of drug-likeness (QED) is 0.149. The Morgan fingerprint density at radius 1 is 0.290 bits per heavy atom. The molecule has 3 heteroatoms. The second-order valence-electron chi connectivity index (χ2n) is 18.1. The van der Waals surface area contributed by atoms with Gasteiger partial charge in [0.2, 0.25) is 0 Å². The summed E-state index contributed by atoms with van der Waals surface area (Å²) in [5, 5.41) is 12.1. The molecule has 0 atom stereocenters. The zero-order chi connectivity index (χ0) is 45.4. The Hall–Kier alpha value is -9.18. The molecule has 2 aromatic heterocycles. The van der Waals surface area contributed by atoms with Crippen LogP contribution in [0.5, 0.6) is 0 Å². The van der Waals surface area contributed by atoms with Gasteiger partial charge in [-0.3, -0.25) is 0 Å². The summed E-state index contributed by atoms with van der Waals surface area (Å²) < 4.78 is 9.12. The molecule has 3 nitrogen and oxygen atoms in total. The molecule has 2 heterocycles. The van der Waals surface area contributed by atoms with Crippen LogP contribution in [0.2, 0.25) is 0 Å². The first-order valence-electron chi connectivity index (χ1n) is 23.6. The van der Waals surface area contributed by atoms with Crippen molar-refractivity contribution in [2.45, 2.75) is 0 Å². The molecule has 0 aliphatic heterocycles. The Morgan fingerprint density at radius 3 is 1.51 bits per heavy atom. The van der Waals surface area contributed by atoms with E-state index < -0.39 is 0 Å². The van der Waals surface area contributed by atoms with Crippen molar-refractivity contribution in [3.63, 3.8) is 0 Å². The summed E-state index contributed by atoms with van der Waals surface area (Å²) >= 11 is 0. The molecule has 0 N–H and O–H groups in total. The van der Waals surface area contributed by atoms with E-state index in [-0.39, 0.29) is 0 Å². The number of anilines is 3. The molecule has 0 aliphatic carbocycles. The molecule has 0 unspecified atom stereocenters. The number of nitrogens with zero attached hydrogens (tertiary/aromatic N) is 2. The van der Waals surface area contributed by atoms with Crippen LogP contribution in [0.4, 0.5) is 17.1 Å². The highest BCUT2D eigenvalue weighted by Gasteiger charge is 2.18. The molecule has 0 amide bonds. The average molecular weight is 879 g/mol. The molecular formula is C66H42N2O. The fourth-order valence-electron chi connectivity index (χ4n) is 10.8. The summed E-state index contributed by atoms with van der Waals surface area (Å²) in [6.07, 6.45) is 0. The molecule has 0 saturated heterocycles. The lowest BCUT2D eigenvalue weighted by molar-refractivity contribution is 0.672. The van der Waals surface area contributed by atoms with Gasteiger partial charge >= 0.3 is 0 Å². The number of benzene rings is 12. The van der Waals surface area contributed by atoms with E-state index in [0.717, 1.165) is 66.8 Å². The van der Waals surface area contributed by atoms with Crippen molar-refractivity contribution in [2.75, 3.05) is 4.90 Å². The number of para-hydroxylation sites is 2. The Morgan fingerprint density at radius 2 is 0.812 bits per heavy atom. The lowest BCUT2D eigenvalue weighted by Crippen LogP contribution is -2.09. The maximum absolute atomic E-state index is 6.74. The van der Waals surface area contributed by atoms with Gasteiger partial charge in [0.15, 0.2) is 0 Å². The van der Waals surface area contributed by atoms with E-state index in [0.29, 0.717) is 0 Å². The Labute approximate surface area is 399 Å². The van der Waals surface area contributed by atoms with E-state index in [1.807, 2.05) is 0 Å². The maximum Gasteiger partial charge on any atom is 0.143 e. The van der Waals surface area contributed by atoms with Gasteiger partial charge in [-0.25, -0.2) is 0 Å². The number of rotatable bonds is 7. The number of hydrogen-bond acceptors (Lipinski definition) is 2. The predicted molar refractivity (Wildman–Crippen MR) is 292 cm³/mol. The van der Waals surface area contributed by atoms with E-state index >= 15 is 0 Å². The lowest BCUT2D eigenvalue weighted by Gasteiger charge is -2.26. The van der Waals surface area contributed by atoms with E-state index in [2.05, 4.69) is 264 Å². The number of furan rings is 1. The molecule has 322 valence electrons. The topological polar surface area (TPSA) is 21.3 Å². The molecule has 69 heavy (non-hydrogen) atoms. The summed E-state index contributed by atoms with van der Waals surface area (Å²) in [6.45, 7) is 0. The molecule has 0 radical (unpaired) electrons. The first-order chi connectivity index (χ1) is 34.2. The maximum atomic E-state index is 6.74. The van der Waals surface area contributed by atoms with E-state index in [9.17, 15) is 0 Å². The van der Waals surface area contributed by atoms with Gasteiger partial charge < -0.3 is 13.9 Å². The van der Waals surface area contributed by atoms with E-state index in [1.165, 1.54) is 65.4 Å². The van der Waals surface area contributed by atoms with Gasteiger partial charge in [-0.05, 0) is 133 Å². The highest BCUT2D eigenvalue weighted by atomic mass is 16.3. The molecule has 0 fully saturated rings. The second-order valence-corrected chi connectivity index (χ2v) is 18.1. The third-order valence-corrected chi connectivity index (χ3v) is 14.2. The molecule has 14 aromatic rings. The second kappa shape index (κ2) is 15.7. The van der Waals surface area contributed by atoms with Crippen LogP contribution in [-0.2, 0) is 0 Å². The third kappa shape index (κ3) is 6.43. The zero-order valence-corrected chi connectivity index (χ0v) is 37.6. The van der Waals surface area contributed by atoms with Crippen molar-refractivity contribution in [1.29, 1.82) is 0 Å². The number of hydrogen-bond donors (Lipinski definition) is 0. The fourth-order valence-corrected chi connectivity index (χ4v) is 10.8. The van der Waals surface area contributed by atoms with Crippen molar-refractivity contribution in [3.8, 4) is 39.1 Å². The first-order valence-corrected chi connectivity index (χ1v) is 23.6. The molecule has 0 saturated carbocycles. The number of aromatic nitrogens is 1.